The topological polar surface area (TPSA) is 126 Å². The number of ether oxygens (including phenoxy) is 1. The summed E-state index contributed by atoms with van der Waals surface area (Å²) in [5.74, 6) is -6.27. The van der Waals surface area contributed by atoms with Crippen molar-refractivity contribution < 1.29 is 40.7 Å². The number of thiophene rings is 1. The van der Waals surface area contributed by atoms with Crippen LogP contribution in [-0.4, -0.2) is 58.1 Å². The number of fused-ring (bicyclic) bond motifs is 2. The van der Waals surface area contributed by atoms with Crippen molar-refractivity contribution in [3.63, 3.8) is 0 Å². The molecule has 0 bridgehead atoms. The Labute approximate surface area is 229 Å². The van der Waals surface area contributed by atoms with Gasteiger partial charge in [0.15, 0.2) is 6.23 Å². The zero-order valence-electron chi connectivity index (χ0n) is 20.5. The molecule has 2 aromatic heterocycles. The molecule has 6 rings (SSSR count). The summed E-state index contributed by atoms with van der Waals surface area (Å²) in [6, 6.07) is 3.81. The van der Waals surface area contributed by atoms with Gasteiger partial charge in [-0.15, -0.1) is 16.4 Å². The van der Waals surface area contributed by atoms with Crippen LogP contribution in [0.25, 0.3) is 32.1 Å². The number of nitrogens with one attached hydrogen (secondary N) is 1. The largest absolute Gasteiger partial charge is 0.490 e. The number of hydrogen-bond acceptors (Lipinski definition) is 8. The van der Waals surface area contributed by atoms with Gasteiger partial charge in [0.2, 0.25) is 5.95 Å². The van der Waals surface area contributed by atoms with Gasteiger partial charge in [-0.25, -0.2) is 13.6 Å². The number of aryl methyl sites for hydroxylation is 1. The molecule has 0 radical (unpaired) electrons. The van der Waals surface area contributed by atoms with E-state index >= 15 is 8.78 Å². The van der Waals surface area contributed by atoms with Crippen LogP contribution in [0.5, 0.6) is 0 Å². The molecule has 9 nitrogen and oxygen atoms in total. The maximum atomic E-state index is 16.0. The second-order valence-corrected chi connectivity index (χ2v) is 10.5. The minimum Gasteiger partial charge on any atom is -0.438 e. The fourth-order valence-electron chi connectivity index (χ4n) is 5.48. The van der Waals surface area contributed by atoms with Gasteiger partial charge in [-0.2, -0.15) is 22.8 Å². The van der Waals surface area contributed by atoms with Gasteiger partial charge < -0.3 is 15.4 Å². The smallest absolute Gasteiger partial charge is 0.438 e. The average molecular weight is 594 g/mol. The van der Waals surface area contributed by atoms with Gasteiger partial charge >= 0.3 is 12.1 Å². The number of anilines is 1. The number of benzene rings is 2. The second-order valence-electron chi connectivity index (χ2n) is 9.40. The highest BCUT2D eigenvalue weighted by Gasteiger charge is 2.46. The lowest BCUT2D eigenvalue weighted by atomic mass is 9.93. The van der Waals surface area contributed by atoms with E-state index in [1.807, 2.05) is 6.07 Å². The van der Waals surface area contributed by atoms with E-state index in [0.717, 1.165) is 33.1 Å². The molecule has 3 N–H and O–H groups in total. The van der Waals surface area contributed by atoms with Crippen LogP contribution in [0.1, 0.15) is 22.3 Å². The van der Waals surface area contributed by atoms with Crippen molar-refractivity contribution in [1.82, 2.24) is 20.0 Å². The third-order valence-corrected chi connectivity index (χ3v) is 8.19. The number of carbonyl (C=O) groups is 2. The molecule has 41 heavy (non-hydrogen) atoms. The lowest BCUT2D eigenvalue weighted by molar-refractivity contribution is -0.210. The van der Waals surface area contributed by atoms with Gasteiger partial charge in [0.25, 0.3) is 5.91 Å². The number of nitriles is 1. The standard InChI is InChI=1S/C25H16F6N6O3S/c26-12-2-1-9(15-11(8-32)21(33)41-19(12)15)16-13(27)7-10-18-17(16)20(28)35-37(18)5-3-14-22(40-24(39)25(29,30)31)34-4-6-36(14)23(10)38/h1-2,7,14,22,34H,3-6,33H2/t14-,22?/m0/s1. The number of hydrogen-bond donors (Lipinski definition) is 2. The Hall–Kier alpha value is -4.36. The van der Waals surface area contributed by atoms with Gasteiger partial charge in [0, 0.05) is 30.6 Å². The van der Waals surface area contributed by atoms with Gasteiger partial charge in [-0.3, -0.25) is 14.8 Å². The Morgan fingerprint density at radius 2 is 1.93 bits per heavy atom. The van der Waals surface area contributed by atoms with Crippen LogP contribution in [0, 0.1) is 28.9 Å². The summed E-state index contributed by atoms with van der Waals surface area (Å²) in [6.45, 7) is -0.217. The predicted octanol–water partition coefficient (Wildman–Crippen LogP) is 4.04. The first-order valence-corrected chi connectivity index (χ1v) is 12.9. The van der Waals surface area contributed by atoms with Crippen LogP contribution < -0.4 is 11.1 Å². The van der Waals surface area contributed by atoms with E-state index in [9.17, 15) is 32.4 Å². The Morgan fingerprint density at radius 3 is 2.63 bits per heavy atom. The molecule has 1 saturated heterocycles. The predicted molar refractivity (Wildman–Crippen MR) is 133 cm³/mol. The normalized spacial score (nSPS) is 19.1. The first-order chi connectivity index (χ1) is 19.4. The summed E-state index contributed by atoms with van der Waals surface area (Å²) in [6.07, 6.45) is -6.91. The summed E-state index contributed by atoms with van der Waals surface area (Å²) in [5.41, 5.74) is 4.95. The Bertz CT molecular complexity index is 1830. The average Bonchev–Trinajstić information content (AvgIpc) is 3.43. The van der Waals surface area contributed by atoms with E-state index in [1.165, 1.54) is 6.07 Å². The minimum absolute atomic E-state index is 0.0200. The van der Waals surface area contributed by atoms with Gasteiger partial charge in [0.1, 0.15) is 22.7 Å². The monoisotopic (exact) mass is 594 g/mol. The minimum atomic E-state index is -5.27. The lowest BCUT2D eigenvalue weighted by Gasteiger charge is -2.42. The van der Waals surface area contributed by atoms with E-state index in [-0.39, 0.29) is 68.9 Å². The number of esters is 1. The molecule has 1 fully saturated rings. The maximum Gasteiger partial charge on any atom is 0.490 e. The number of amides is 1. The summed E-state index contributed by atoms with van der Waals surface area (Å²) < 4.78 is 90.4. The van der Waals surface area contributed by atoms with Crippen molar-refractivity contribution in [3.05, 3.63) is 46.9 Å². The molecule has 16 heteroatoms. The highest BCUT2D eigenvalue weighted by atomic mass is 32.1. The molecular formula is C25H16F6N6O3S. The van der Waals surface area contributed by atoms with Gasteiger partial charge in [0.05, 0.1) is 32.8 Å². The van der Waals surface area contributed by atoms with E-state index in [4.69, 9.17) is 5.73 Å². The quantitative estimate of drug-likeness (QED) is 0.265. The third kappa shape index (κ3) is 4.06. The molecule has 4 aromatic rings. The summed E-state index contributed by atoms with van der Waals surface area (Å²) in [7, 11) is 0. The molecule has 212 valence electrons. The zero-order chi connectivity index (χ0) is 29.4. The molecule has 4 heterocycles. The van der Waals surface area contributed by atoms with Crippen LogP contribution in [-0.2, 0) is 16.1 Å². The maximum absolute atomic E-state index is 16.0. The van der Waals surface area contributed by atoms with Crippen LogP contribution in [0.2, 0.25) is 0 Å². The second kappa shape index (κ2) is 9.35. The highest BCUT2D eigenvalue weighted by Crippen LogP contribution is 2.45. The van der Waals surface area contributed by atoms with E-state index in [2.05, 4.69) is 15.2 Å². The van der Waals surface area contributed by atoms with E-state index < -0.39 is 53.3 Å². The van der Waals surface area contributed by atoms with Crippen molar-refractivity contribution in [2.75, 3.05) is 18.8 Å². The molecular weight excluding hydrogens is 578 g/mol. The van der Waals surface area contributed by atoms with Crippen LogP contribution >= 0.6 is 11.3 Å². The summed E-state index contributed by atoms with van der Waals surface area (Å²) >= 11 is 0.773. The highest BCUT2D eigenvalue weighted by molar-refractivity contribution is 7.23. The van der Waals surface area contributed by atoms with Crippen LogP contribution in [0.3, 0.4) is 0 Å². The number of carbonyl (C=O) groups excluding carboxylic acids is 2. The SMILES string of the molecule is N#Cc1c(N)sc2c(F)ccc(-c3c(F)cc4c5c3c(F)nn5CC[C@H]3C(OC(=O)C(F)(F)F)NCCN3C4=O)c12. The number of alkyl halides is 3. The van der Waals surface area contributed by atoms with Crippen molar-refractivity contribution >= 4 is 49.2 Å². The lowest BCUT2D eigenvalue weighted by Crippen LogP contribution is -2.62. The molecule has 2 aliphatic heterocycles. The van der Waals surface area contributed by atoms with E-state index in [1.54, 1.807) is 0 Å². The Kier molecular flexibility index (Phi) is 6.12. The molecule has 1 amide bonds. The van der Waals surface area contributed by atoms with Crippen molar-refractivity contribution in [3.8, 4) is 17.2 Å². The van der Waals surface area contributed by atoms with Gasteiger partial charge in [-0.05, 0) is 24.1 Å². The number of halogens is 6. The van der Waals surface area contributed by atoms with Crippen LogP contribution in [0.15, 0.2) is 18.2 Å². The van der Waals surface area contributed by atoms with Gasteiger partial charge in [-0.1, -0.05) is 6.07 Å². The number of rotatable bonds is 2. The van der Waals surface area contributed by atoms with Crippen LogP contribution in [0.4, 0.5) is 31.3 Å². The Morgan fingerprint density at radius 1 is 1.17 bits per heavy atom. The number of aromatic nitrogens is 2. The molecule has 2 atom stereocenters. The first kappa shape index (κ1) is 26.8. The summed E-state index contributed by atoms with van der Waals surface area (Å²) in [5, 5.41) is 15.7. The van der Waals surface area contributed by atoms with Crippen molar-refractivity contribution in [2.45, 2.75) is 31.4 Å². The number of nitrogen functional groups attached to an aromatic ring is 1. The Balaban J connectivity index is 1.53. The number of nitrogens with two attached hydrogens (primary N) is 1. The molecule has 1 unspecified atom stereocenters. The summed E-state index contributed by atoms with van der Waals surface area (Å²) in [4.78, 5) is 26.4. The number of piperazine rings is 1. The molecule has 0 saturated carbocycles. The molecule has 0 spiro atoms. The fraction of sp³-hybridized carbons (Fsp3) is 0.280. The first-order valence-electron chi connectivity index (χ1n) is 12.0. The van der Waals surface area contributed by atoms with Crippen molar-refractivity contribution in [2.24, 2.45) is 0 Å². The zero-order valence-corrected chi connectivity index (χ0v) is 21.3. The molecule has 2 aliphatic rings. The fourth-order valence-corrected chi connectivity index (χ4v) is 6.42. The molecule has 0 aliphatic carbocycles. The third-order valence-electron chi connectivity index (χ3n) is 7.17. The van der Waals surface area contributed by atoms with E-state index in [0.29, 0.717) is 0 Å². The van der Waals surface area contributed by atoms with Crippen molar-refractivity contribution in [1.29, 1.82) is 5.26 Å². The molecule has 2 aromatic carbocycles. The number of nitrogens with zero attached hydrogens (tertiary/aromatic N) is 4.